The van der Waals surface area contributed by atoms with Crippen molar-refractivity contribution in [3.05, 3.63) is 0 Å². The van der Waals surface area contributed by atoms with Crippen molar-refractivity contribution < 1.29 is 0 Å². The summed E-state index contributed by atoms with van der Waals surface area (Å²) >= 11 is 0. The molecule has 100 valence electrons. The van der Waals surface area contributed by atoms with Crippen molar-refractivity contribution in [2.45, 2.75) is 75.8 Å². The van der Waals surface area contributed by atoms with E-state index in [1.807, 2.05) is 0 Å². The van der Waals surface area contributed by atoms with Crippen LogP contribution in [-0.4, -0.2) is 30.6 Å². The Hall–Kier alpha value is -0.0800. The molecule has 2 fully saturated rings. The summed E-state index contributed by atoms with van der Waals surface area (Å²) in [5.41, 5.74) is 6.89. The molecule has 0 bridgehead atoms. The van der Waals surface area contributed by atoms with E-state index >= 15 is 0 Å². The van der Waals surface area contributed by atoms with Crippen LogP contribution in [0.25, 0.3) is 0 Å². The molecular weight excluding hydrogens is 208 g/mol. The highest BCUT2D eigenvalue weighted by molar-refractivity contribution is 4.98. The molecular formula is C15H30N2. The summed E-state index contributed by atoms with van der Waals surface area (Å²) in [7, 11) is 4.48. The van der Waals surface area contributed by atoms with Crippen LogP contribution in [0.3, 0.4) is 0 Å². The van der Waals surface area contributed by atoms with Gasteiger partial charge < -0.3 is 10.6 Å². The standard InChI is InChI=1S/C15H30N2/c1-17(2)15(11-5-3-4-6-12-15)14(16)10-9-13-7-8-13/h13-14H,3-12,16H2,1-2H3. The second-order valence-electron chi connectivity index (χ2n) is 6.54. The smallest absolute Gasteiger partial charge is 0.0354 e. The lowest BCUT2D eigenvalue weighted by molar-refractivity contribution is 0.0917. The van der Waals surface area contributed by atoms with Crippen LogP contribution >= 0.6 is 0 Å². The van der Waals surface area contributed by atoms with Gasteiger partial charge in [0.25, 0.3) is 0 Å². The molecule has 0 aromatic carbocycles. The lowest BCUT2D eigenvalue weighted by Gasteiger charge is -2.44. The molecule has 2 rings (SSSR count). The van der Waals surface area contributed by atoms with Gasteiger partial charge in [-0.05, 0) is 45.7 Å². The van der Waals surface area contributed by atoms with Crippen LogP contribution in [-0.2, 0) is 0 Å². The maximum absolute atomic E-state index is 6.59. The Bertz CT molecular complexity index is 225. The summed E-state index contributed by atoms with van der Waals surface area (Å²) in [5, 5.41) is 0. The van der Waals surface area contributed by atoms with E-state index in [9.17, 15) is 0 Å². The predicted octanol–water partition coefficient (Wildman–Crippen LogP) is 3.16. The third-order valence-electron chi connectivity index (χ3n) is 5.13. The number of likely N-dealkylation sites (N-methyl/N-ethyl adjacent to an activating group) is 1. The summed E-state index contributed by atoms with van der Waals surface area (Å²) in [5.74, 6) is 1.02. The molecule has 0 amide bonds. The molecule has 2 aliphatic rings. The molecule has 0 aromatic rings. The van der Waals surface area contributed by atoms with Crippen LogP contribution in [0.1, 0.15) is 64.2 Å². The minimum absolute atomic E-state index is 0.297. The number of hydrogen-bond acceptors (Lipinski definition) is 2. The molecule has 0 radical (unpaired) electrons. The van der Waals surface area contributed by atoms with Crippen LogP contribution in [0.15, 0.2) is 0 Å². The first-order chi connectivity index (χ1) is 8.15. The van der Waals surface area contributed by atoms with Gasteiger partial charge in [-0.25, -0.2) is 0 Å². The zero-order valence-corrected chi connectivity index (χ0v) is 11.8. The first kappa shape index (κ1) is 13.4. The molecule has 1 atom stereocenters. The summed E-state index contributed by atoms with van der Waals surface area (Å²) in [6, 6.07) is 0.385. The van der Waals surface area contributed by atoms with Gasteiger partial charge >= 0.3 is 0 Å². The average Bonchev–Trinajstić information content (AvgIpc) is 3.12. The predicted molar refractivity (Wildman–Crippen MR) is 74.1 cm³/mol. The maximum Gasteiger partial charge on any atom is 0.0354 e. The minimum atomic E-state index is 0.297. The molecule has 2 saturated carbocycles. The normalized spacial score (nSPS) is 26.8. The highest BCUT2D eigenvalue weighted by atomic mass is 15.2. The molecule has 2 N–H and O–H groups in total. The molecule has 1 unspecified atom stereocenters. The van der Waals surface area contributed by atoms with Crippen LogP contribution in [0.4, 0.5) is 0 Å². The first-order valence-corrected chi connectivity index (χ1v) is 7.58. The van der Waals surface area contributed by atoms with E-state index in [2.05, 4.69) is 19.0 Å². The Kier molecular flexibility index (Phi) is 4.48. The van der Waals surface area contributed by atoms with Gasteiger partial charge in [0, 0.05) is 11.6 Å². The van der Waals surface area contributed by atoms with Crippen molar-refractivity contribution in [3.63, 3.8) is 0 Å². The van der Waals surface area contributed by atoms with Gasteiger partial charge in [-0.2, -0.15) is 0 Å². The molecule has 2 heteroatoms. The van der Waals surface area contributed by atoms with E-state index in [-0.39, 0.29) is 0 Å². The van der Waals surface area contributed by atoms with Gasteiger partial charge in [0.1, 0.15) is 0 Å². The number of nitrogens with two attached hydrogens (primary N) is 1. The molecule has 0 spiro atoms. The quantitative estimate of drug-likeness (QED) is 0.746. The van der Waals surface area contributed by atoms with Gasteiger partial charge in [0.2, 0.25) is 0 Å². The fourth-order valence-electron chi connectivity index (χ4n) is 3.58. The third kappa shape index (κ3) is 3.23. The van der Waals surface area contributed by atoms with E-state index in [0.717, 1.165) is 5.92 Å². The van der Waals surface area contributed by atoms with Crippen molar-refractivity contribution in [2.24, 2.45) is 11.7 Å². The van der Waals surface area contributed by atoms with E-state index in [4.69, 9.17) is 5.73 Å². The Morgan fingerprint density at radius 2 is 1.71 bits per heavy atom. The maximum atomic E-state index is 6.59. The average molecular weight is 238 g/mol. The first-order valence-electron chi connectivity index (χ1n) is 7.58. The van der Waals surface area contributed by atoms with Crippen molar-refractivity contribution in [1.29, 1.82) is 0 Å². The van der Waals surface area contributed by atoms with Crippen LogP contribution in [0.5, 0.6) is 0 Å². The molecule has 2 aliphatic carbocycles. The molecule has 17 heavy (non-hydrogen) atoms. The molecule has 0 aromatic heterocycles. The Balaban J connectivity index is 1.96. The fraction of sp³-hybridized carbons (Fsp3) is 1.00. The summed E-state index contributed by atoms with van der Waals surface area (Å²) in [6.45, 7) is 0. The highest BCUT2D eigenvalue weighted by Gasteiger charge is 2.39. The Labute approximate surface area is 107 Å². The second-order valence-corrected chi connectivity index (χ2v) is 6.54. The van der Waals surface area contributed by atoms with Crippen molar-refractivity contribution in [3.8, 4) is 0 Å². The van der Waals surface area contributed by atoms with Crippen LogP contribution < -0.4 is 5.73 Å². The lowest BCUT2D eigenvalue weighted by atomic mass is 9.79. The monoisotopic (exact) mass is 238 g/mol. The highest BCUT2D eigenvalue weighted by Crippen LogP contribution is 2.38. The number of nitrogens with zero attached hydrogens (tertiary/aromatic N) is 1. The summed E-state index contributed by atoms with van der Waals surface area (Å²) in [4.78, 5) is 2.44. The Morgan fingerprint density at radius 1 is 1.12 bits per heavy atom. The molecule has 0 aliphatic heterocycles. The van der Waals surface area contributed by atoms with Crippen LogP contribution in [0.2, 0.25) is 0 Å². The van der Waals surface area contributed by atoms with Crippen LogP contribution in [0, 0.1) is 5.92 Å². The third-order valence-corrected chi connectivity index (χ3v) is 5.13. The van der Waals surface area contributed by atoms with E-state index in [0.29, 0.717) is 11.6 Å². The molecule has 0 heterocycles. The topological polar surface area (TPSA) is 29.3 Å². The minimum Gasteiger partial charge on any atom is -0.326 e. The van der Waals surface area contributed by atoms with Gasteiger partial charge in [0.05, 0.1) is 0 Å². The van der Waals surface area contributed by atoms with Crippen molar-refractivity contribution in [2.75, 3.05) is 14.1 Å². The van der Waals surface area contributed by atoms with E-state index in [1.165, 1.54) is 64.2 Å². The van der Waals surface area contributed by atoms with Gasteiger partial charge in [-0.1, -0.05) is 38.5 Å². The molecule has 2 nitrogen and oxygen atoms in total. The number of rotatable bonds is 5. The zero-order valence-electron chi connectivity index (χ0n) is 11.8. The van der Waals surface area contributed by atoms with Crippen molar-refractivity contribution >= 4 is 0 Å². The second kappa shape index (κ2) is 5.71. The van der Waals surface area contributed by atoms with Gasteiger partial charge in [-0.15, -0.1) is 0 Å². The lowest BCUT2D eigenvalue weighted by Crippen LogP contribution is -2.57. The van der Waals surface area contributed by atoms with E-state index in [1.54, 1.807) is 0 Å². The van der Waals surface area contributed by atoms with Gasteiger partial charge in [0.15, 0.2) is 0 Å². The number of hydrogen-bond donors (Lipinski definition) is 1. The fourth-order valence-corrected chi connectivity index (χ4v) is 3.58. The molecule has 0 saturated heterocycles. The SMILES string of the molecule is CN(C)C1(C(N)CCC2CC2)CCCCCC1. The zero-order chi connectivity index (χ0) is 12.3. The summed E-state index contributed by atoms with van der Waals surface area (Å²) in [6.07, 6.45) is 13.7. The van der Waals surface area contributed by atoms with E-state index < -0.39 is 0 Å². The Morgan fingerprint density at radius 3 is 2.18 bits per heavy atom. The largest absolute Gasteiger partial charge is 0.326 e. The summed E-state index contributed by atoms with van der Waals surface area (Å²) < 4.78 is 0. The van der Waals surface area contributed by atoms with Crippen molar-refractivity contribution in [1.82, 2.24) is 4.90 Å². The van der Waals surface area contributed by atoms with Gasteiger partial charge in [-0.3, -0.25) is 0 Å².